The number of rotatable bonds is 2. The molecule has 1 aliphatic rings. The summed E-state index contributed by atoms with van der Waals surface area (Å²) in [7, 11) is 0. The van der Waals surface area contributed by atoms with Gasteiger partial charge in [-0.1, -0.05) is 6.92 Å². The molecular weight excluding hydrogens is 232 g/mol. The fourth-order valence-corrected chi connectivity index (χ4v) is 2.17. The number of carbonyl (C=O) groups excluding carboxylic acids is 2. The van der Waals surface area contributed by atoms with Gasteiger partial charge in [0, 0.05) is 13.1 Å². The first-order chi connectivity index (χ1) is 8.66. The Kier molecular flexibility index (Phi) is 4.02. The van der Waals surface area contributed by atoms with E-state index in [1.165, 1.54) is 6.26 Å². The van der Waals surface area contributed by atoms with E-state index in [2.05, 4.69) is 12.2 Å². The Bertz CT molecular complexity index is 414. The fourth-order valence-electron chi connectivity index (χ4n) is 2.17. The number of carbonyl (C=O) groups is 2. The van der Waals surface area contributed by atoms with Crippen LogP contribution < -0.4 is 5.32 Å². The smallest absolute Gasteiger partial charge is 0.311 e. The monoisotopic (exact) mass is 250 g/mol. The number of nitrogens with one attached hydrogen (secondary N) is 1. The lowest BCUT2D eigenvalue weighted by molar-refractivity contribution is -0.147. The first kappa shape index (κ1) is 12.7. The van der Waals surface area contributed by atoms with Crippen molar-refractivity contribution in [3.05, 3.63) is 24.2 Å². The summed E-state index contributed by atoms with van der Waals surface area (Å²) in [4.78, 5) is 25.2. The van der Waals surface area contributed by atoms with Gasteiger partial charge >= 0.3 is 11.8 Å². The van der Waals surface area contributed by atoms with Gasteiger partial charge in [0.15, 0.2) is 0 Å². The maximum absolute atomic E-state index is 11.9. The van der Waals surface area contributed by atoms with E-state index >= 15 is 0 Å². The second-order valence-electron chi connectivity index (χ2n) is 4.76. The molecule has 0 bridgehead atoms. The lowest BCUT2D eigenvalue weighted by Gasteiger charge is -2.30. The quantitative estimate of drug-likeness (QED) is 0.801. The summed E-state index contributed by atoms with van der Waals surface area (Å²) in [6.07, 6.45) is 3.63. The number of amides is 2. The highest BCUT2D eigenvalue weighted by Crippen LogP contribution is 2.15. The van der Waals surface area contributed by atoms with Crippen LogP contribution in [-0.2, 0) is 16.1 Å². The first-order valence-electron chi connectivity index (χ1n) is 6.26. The number of likely N-dealkylation sites (tertiary alicyclic amines) is 1. The Morgan fingerprint density at radius 2 is 2.39 bits per heavy atom. The van der Waals surface area contributed by atoms with Gasteiger partial charge in [0.05, 0.1) is 12.8 Å². The number of piperidine rings is 1. The highest BCUT2D eigenvalue weighted by atomic mass is 16.3. The summed E-state index contributed by atoms with van der Waals surface area (Å²) < 4.78 is 5.09. The maximum atomic E-state index is 11.9. The van der Waals surface area contributed by atoms with Gasteiger partial charge in [-0.2, -0.15) is 0 Å². The summed E-state index contributed by atoms with van der Waals surface area (Å²) in [5.41, 5.74) is 0. The van der Waals surface area contributed by atoms with Crippen molar-refractivity contribution in [2.75, 3.05) is 13.1 Å². The lowest BCUT2D eigenvalue weighted by atomic mass is 10.0. The van der Waals surface area contributed by atoms with Crippen LogP contribution in [0.5, 0.6) is 0 Å². The molecule has 5 heteroatoms. The van der Waals surface area contributed by atoms with Gasteiger partial charge in [-0.3, -0.25) is 9.59 Å². The molecule has 1 aromatic rings. The van der Waals surface area contributed by atoms with Gasteiger partial charge in [0.2, 0.25) is 0 Å². The molecule has 5 nitrogen and oxygen atoms in total. The van der Waals surface area contributed by atoms with E-state index in [9.17, 15) is 9.59 Å². The summed E-state index contributed by atoms with van der Waals surface area (Å²) >= 11 is 0. The van der Waals surface area contributed by atoms with Crippen molar-refractivity contribution in [2.45, 2.75) is 26.3 Å². The van der Waals surface area contributed by atoms with Crippen LogP contribution in [0.25, 0.3) is 0 Å². The molecule has 0 radical (unpaired) electrons. The standard InChI is InChI=1S/C13H18N2O3/c1-10-4-2-6-15(9-10)13(17)12(16)14-8-11-5-3-7-18-11/h3,5,7,10H,2,4,6,8-9H2,1H3,(H,14,16). The van der Waals surface area contributed by atoms with Crippen molar-refractivity contribution in [1.82, 2.24) is 10.2 Å². The molecule has 1 fully saturated rings. The van der Waals surface area contributed by atoms with E-state index < -0.39 is 11.8 Å². The van der Waals surface area contributed by atoms with Crippen LogP contribution in [0, 0.1) is 5.92 Å². The van der Waals surface area contributed by atoms with Crippen LogP contribution in [0.15, 0.2) is 22.8 Å². The zero-order chi connectivity index (χ0) is 13.0. The molecule has 2 amide bonds. The Hall–Kier alpha value is -1.78. The number of hydrogen-bond donors (Lipinski definition) is 1. The van der Waals surface area contributed by atoms with Gasteiger partial charge in [-0.25, -0.2) is 0 Å². The third-order valence-electron chi connectivity index (χ3n) is 3.14. The van der Waals surface area contributed by atoms with E-state index in [0.717, 1.165) is 12.8 Å². The Labute approximate surface area is 106 Å². The summed E-state index contributed by atoms with van der Waals surface area (Å²) in [6.45, 7) is 3.70. The number of hydrogen-bond acceptors (Lipinski definition) is 3. The first-order valence-corrected chi connectivity index (χ1v) is 6.26. The molecule has 0 saturated carbocycles. The molecular formula is C13H18N2O3. The SMILES string of the molecule is CC1CCCN(C(=O)C(=O)NCc2ccco2)C1. The van der Waals surface area contributed by atoms with Gasteiger partial charge in [0.25, 0.3) is 0 Å². The molecule has 2 heterocycles. The summed E-state index contributed by atoms with van der Waals surface area (Å²) in [5, 5.41) is 2.57. The van der Waals surface area contributed by atoms with E-state index in [1.54, 1.807) is 17.0 Å². The van der Waals surface area contributed by atoms with Crippen LogP contribution in [0.4, 0.5) is 0 Å². The maximum Gasteiger partial charge on any atom is 0.311 e. The average molecular weight is 250 g/mol. The summed E-state index contributed by atoms with van der Waals surface area (Å²) in [5.74, 6) is 0.123. The molecule has 1 aliphatic heterocycles. The molecule has 1 N–H and O–H groups in total. The van der Waals surface area contributed by atoms with Crippen LogP contribution >= 0.6 is 0 Å². The normalized spacial score (nSPS) is 19.6. The molecule has 0 aliphatic carbocycles. The molecule has 0 spiro atoms. The van der Waals surface area contributed by atoms with Gasteiger partial charge in [0.1, 0.15) is 5.76 Å². The van der Waals surface area contributed by atoms with Crippen molar-refractivity contribution in [1.29, 1.82) is 0 Å². The molecule has 2 rings (SSSR count). The minimum atomic E-state index is -0.555. The molecule has 98 valence electrons. The zero-order valence-electron chi connectivity index (χ0n) is 10.5. The van der Waals surface area contributed by atoms with Crippen molar-refractivity contribution < 1.29 is 14.0 Å². The number of furan rings is 1. The minimum absolute atomic E-state index is 0.251. The molecule has 1 aromatic heterocycles. The minimum Gasteiger partial charge on any atom is -0.467 e. The van der Waals surface area contributed by atoms with E-state index in [-0.39, 0.29) is 6.54 Å². The largest absolute Gasteiger partial charge is 0.467 e. The van der Waals surface area contributed by atoms with Gasteiger partial charge < -0.3 is 14.6 Å². The summed E-state index contributed by atoms with van der Waals surface area (Å²) in [6, 6.07) is 3.50. The second kappa shape index (κ2) is 5.71. The number of nitrogens with zero attached hydrogens (tertiary/aromatic N) is 1. The van der Waals surface area contributed by atoms with Gasteiger partial charge in [-0.15, -0.1) is 0 Å². The van der Waals surface area contributed by atoms with Crippen LogP contribution in [0.3, 0.4) is 0 Å². The van der Waals surface area contributed by atoms with Crippen LogP contribution in [0.1, 0.15) is 25.5 Å². The molecule has 0 aromatic carbocycles. The Balaban J connectivity index is 1.82. The Morgan fingerprint density at radius 3 is 3.06 bits per heavy atom. The van der Waals surface area contributed by atoms with Crippen molar-refractivity contribution >= 4 is 11.8 Å². The fraction of sp³-hybridized carbons (Fsp3) is 0.538. The van der Waals surface area contributed by atoms with E-state index in [0.29, 0.717) is 24.8 Å². The Morgan fingerprint density at radius 1 is 1.56 bits per heavy atom. The molecule has 18 heavy (non-hydrogen) atoms. The average Bonchev–Trinajstić information content (AvgIpc) is 2.88. The van der Waals surface area contributed by atoms with Crippen molar-refractivity contribution in [2.24, 2.45) is 5.92 Å². The van der Waals surface area contributed by atoms with Crippen molar-refractivity contribution in [3.63, 3.8) is 0 Å². The van der Waals surface area contributed by atoms with Crippen LogP contribution in [-0.4, -0.2) is 29.8 Å². The van der Waals surface area contributed by atoms with Gasteiger partial charge in [-0.05, 0) is 30.9 Å². The predicted molar refractivity (Wildman–Crippen MR) is 65.5 cm³/mol. The van der Waals surface area contributed by atoms with E-state index in [1.807, 2.05) is 0 Å². The van der Waals surface area contributed by atoms with Crippen molar-refractivity contribution in [3.8, 4) is 0 Å². The van der Waals surface area contributed by atoms with E-state index in [4.69, 9.17) is 4.42 Å². The highest BCUT2D eigenvalue weighted by molar-refractivity contribution is 6.34. The zero-order valence-corrected chi connectivity index (χ0v) is 10.5. The van der Waals surface area contributed by atoms with Crippen LogP contribution in [0.2, 0.25) is 0 Å². The third-order valence-corrected chi connectivity index (χ3v) is 3.14. The third kappa shape index (κ3) is 3.12. The predicted octanol–water partition coefficient (Wildman–Crippen LogP) is 1.15. The highest BCUT2D eigenvalue weighted by Gasteiger charge is 2.25. The molecule has 1 atom stereocenters. The molecule has 1 unspecified atom stereocenters. The molecule has 1 saturated heterocycles. The lowest BCUT2D eigenvalue weighted by Crippen LogP contribution is -2.46. The topological polar surface area (TPSA) is 62.6 Å². The second-order valence-corrected chi connectivity index (χ2v) is 4.76.